The number of hydrogen-bond acceptors (Lipinski definition) is 2. The number of ketones is 1. The van der Waals surface area contributed by atoms with Gasteiger partial charge in [0.15, 0.2) is 5.78 Å². The Labute approximate surface area is 193 Å². The minimum Gasteiger partial charge on any atom is -0.326 e. The first-order valence-electron chi connectivity index (χ1n) is 12.2. The highest BCUT2D eigenvalue weighted by molar-refractivity contribution is 5.93. The zero-order valence-electron chi connectivity index (χ0n) is 19.3. The van der Waals surface area contributed by atoms with Crippen molar-refractivity contribution in [1.82, 2.24) is 0 Å². The molecule has 6 heteroatoms. The van der Waals surface area contributed by atoms with Crippen LogP contribution < -0.4 is 5.32 Å². The first kappa shape index (κ1) is 22.7. The van der Waals surface area contributed by atoms with Gasteiger partial charge in [0.25, 0.3) is 0 Å². The topological polar surface area (TPSA) is 46.2 Å². The summed E-state index contributed by atoms with van der Waals surface area (Å²) in [5, 5.41) is 2.90. The molecule has 3 unspecified atom stereocenters. The third-order valence-electron chi connectivity index (χ3n) is 9.76. The van der Waals surface area contributed by atoms with Gasteiger partial charge < -0.3 is 5.32 Å². The van der Waals surface area contributed by atoms with Crippen LogP contribution in [0.15, 0.2) is 35.9 Å². The maximum atomic E-state index is 13.3. The number of amides is 1. The monoisotopic (exact) mass is 459 g/mol. The van der Waals surface area contributed by atoms with E-state index in [4.69, 9.17) is 0 Å². The van der Waals surface area contributed by atoms with Crippen molar-refractivity contribution in [3.8, 4) is 0 Å². The number of anilines is 1. The molecular weight excluding hydrogens is 427 g/mol. The second kappa shape index (κ2) is 7.71. The van der Waals surface area contributed by atoms with Crippen LogP contribution in [0.25, 0.3) is 0 Å². The molecule has 33 heavy (non-hydrogen) atoms. The van der Waals surface area contributed by atoms with Gasteiger partial charge in [-0.2, -0.15) is 13.2 Å². The number of carbonyl (C=O) groups is 2. The number of halogens is 3. The van der Waals surface area contributed by atoms with Gasteiger partial charge in [-0.25, -0.2) is 0 Å². The summed E-state index contributed by atoms with van der Waals surface area (Å²) in [6.07, 6.45) is 5.11. The second-order valence-electron chi connectivity index (χ2n) is 11.2. The van der Waals surface area contributed by atoms with Crippen LogP contribution in [0.5, 0.6) is 0 Å². The molecule has 178 valence electrons. The van der Waals surface area contributed by atoms with Crippen molar-refractivity contribution < 1.29 is 22.8 Å². The van der Waals surface area contributed by atoms with Crippen molar-refractivity contribution in [3.05, 3.63) is 41.5 Å². The molecule has 1 amide bonds. The van der Waals surface area contributed by atoms with Gasteiger partial charge in [-0.3, -0.25) is 9.59 Å². The summed E-state index contributed by atoms with van der Waals surface area (Å²) in [6.45, 7) is 4.62. The van der Waals surface area contributed by atoms with Gasteiger partial charge in [-0.15, -0.1) is 0 Å². The average molecular weight is 460 g/mol. The summed E-state index contributed by atoms with van der Waals surface area (Å²) in [5.74, 6) is 1.70. The molecule has 4 aliphatic rings. The van der Waals surface area contributed by atoms with E-state index in [1.165, 1.54) is 17.7 Å². The number of benzene rings is 1. The number of rotatable bonds is 2. The first-order valence-corrected chi connectivity index (χ1v) is 12.2. The zero-order chi connectivity index (χ0) is 23.6. The summed E-state index contributed by atoms with van der Waals surface area (Å²) < 4.78 is 38.5. The Hall–Kier alpha value is -2.11. The van der Waals surface area contributed by atoms with E-state index in [0.29, 0.717) is 29.9 Å². The first-order chi connectivity index (χ1) is 15.5. The van der Waals surface area contributed by atoms with E-state index in [-0.39, 0.29) is 28.4 Å². The molecular formula is C27H32F3NO2. The standard InChI is InChI=1S/C27H32F3NO2/c1-25-13-11-19(32)15-17(25)5-8-20-21-9-10-23(26(21,2)14-12-22(20)25)24(33)31-18-6-3-16(4-7-18)27(28,29)30/h3-4,6-7,15,20-23H,5,8-14H2,1-2H3,(H,31,33)/t20?,21?,22?,23-,25+,26+/m1/s1. The summed E-state index contributed by atoms with van der Waals surface area (Å²) in [4.78, 5) is 25.3. The molecule has 3 nitrogen and oxygen atoms in total. The van der Waals surface area contributed by atoms with Crippen LogP contribution >= 0.6 is 0 Å². The van der Waals surface area contributed by atoms with Crippen LogP contribution in [0.3, 0.4) is 0 Å². The van der Waals surface area contributed by atoms with Crippen molar-refractivity contribution >= 4 is 17.4 Å². The predicted octanol–water partition coefficient (Wildman–Crippen LogP) is 6.79. The Kier molecular flexibility index (Phi) is 5.30. The summed E-state index contributed by atoms with van der Waals surface area (Å²) in [5.41, 5.74) is 1.08. The van der Waals surface area contributed by atoms with Gasteiger partial charge in [0, 0.05) is 18.0 Å². The minimum absolute atomic E-state index is 0.0657. The predicted molar refractivity (Wildman–Crippen MR) is 120 cm³/mol. The maximum absolute atomic E-state index is 13.3. The molecule has 5 rings (SSSR count). The maximum Gasteiger partial charge on any atom is 0.416 e. The van der Waals surface area contributed by atoms with Crippen LogP contribution in [-0.2, 0) is 15.8 Å². The van der Waals surface area contributed by atoms with E-state index in [1.807, 2.05) is 6.08 Å². The lowest BCUT2D eigenvalue weighted by atomic mass is 9.47. The lowest BCUT2D eigenvalue weighted by molar-refractivity contribution is -0.137. The van der Waals surface area contributed by atoms with Crippen LogP contribution in [0.2, 0.25) is 0 Å². The Bertz CT molecular complexity index is 998. The highest BCUT2D eigenvalue weighted by Crippen LogP contribution is 2.66. The number of alkyl halides is 3. The Balaban J connectivity index is 1.32. The number of nitrogens with one attached hydrogen (secondary N) is 1. The largest absolute Gasteiger partial charge is 0.416 e. The highest BCUT2D eigenvalue weighted by Gasteiger charge is 2.60. The molecule has 0 aromatic heterocycles. The summed E-state index contributed by atoms with van der Waals surface area (Å²) in [7, 11) is 0. The number of carbonyl (C=O) groups excluding carboxylic acids is 2. The smallest absolute Gasteiger partial charge is 0.326 e. The number of allylic oxidation sites excluding steroid dienone is 1. The molecule has 1 aromatic rings. The molecule has 0 aliphatic heterocycles. The van der Waals surface area contributed by atoms with Gasteiger partial charge in [0.2, 0.25) is 5.91 Å². The highest BCUT2D eigenvalue weighted by atomic mass is 19.4. The lowest BCUT2D eigenvalue weighted by Crippen LogP contribution is -2.51. The normalized spacial score (nSPS) is 38.1. The van der Waals surface area contributed by atoms with Gasteiger partial charge >= 0.3 is 6.18 Å². The Morgan fingerprint density at radius 3 is 2.39 bits per heavy atom. The van der Waals surface area contributed by atoms with Crippen molar-refractivity contribution in [2.45, 2.75) is 71.4 Å². The quantitative estimate of drug-likeness (QED) is 0.529. The average Bonchev–Trinajstić information content (AvgIpc) is 3.11. The van der Waals surface area contributed by atoms with Crippen molar-refractivity contribution in [3.63, 3.8) is 0 Å². The SMILES string of the molecule is C[C@]12CCC(=O)C=C1CCC1C2CC[C@@]2(C)C1CC[C@@H]2C(=O)Nc1ccc(C(F)(F)F)cc1. The molecule has 6 atom stereocenters. The van der Waals surface area contributed by atoms with Gasteiger partial charge in [-0.1, -0.05) is 19.4 Å². The molecule has 0 saturated heterocycles. The Morgan fingerprint density at radius 2 is 1.70 bits per heavy atom. The summed E-state index contributed by atoms with van der Waals surface area (Å²) >= 11 is 0. The van der Waals surface area contributed by atoms with Crippen LogP contribution in [-0.4, -0.2) is 11.7 Å². The van der Waals surface area contributed by atoms with E-state index >= 15 is 0 Å². The molecule has 1 N–H and O–H groups in total. The minimum atomic E-state index is -4.38. The fraction of sp³-hybridized carbons (Fsp3) is 0.630. The molecule has 3 fully saturated rings. The van der Waals surface area contributed by atoms with Crippen molar-refractivity contribution in [2.75, 3.05) is 5.32 Å². The molecule has 0 spiro atoms. The van der Waals surface area contributed by atoms with Gasteiger partial charge in [0.05, 0.1) is 5.56 Å². The molecule has 0 bridgehead atoms. The van der Waals surface area contributed by atoms with Crippen LogP contribution in [0.4, 0.5) is 18.9 Å². The lowest BCUT2D eigenvalue weighted by Gasteiger charge is -2.58. The molecule has 0 heterocycles. The third-order valence-corrected chi connectivity index (χ3v) is 9.76. The van der Waals surface area contributed by atoms with Gasteiger partial charge in [0.1, 0.15) is 0 Å². The van der Waals surface area contributed by atoms with Gasteiger partial charge in [-0.05, 0) is 104 Å². The van der Waals surface area contributed by atoms with E-state index in [2.05, 4.69) is 19.2 Å². The molecule has 1 aromatic carbocycles. The summed E-state index contributed by atoms with van der Waals surface area (Å²) in [6, 6.07) is 4.71. The second-order valence-corrected chi connectivity index (χ2v) is 11.2. The number of fused-ring (bicyclic) bond motifs is 5. The van der Waals surface area contributed by atoms with Crippen molar-refractivity contribution in [2.24, 2.45) is 34.5 Å². The fourth-order valence-electron chi connectivity index (χ4n) is 7.96. The van der Waals surface area contributed by atoms with Crippen molar-refractivity contribution in [1.29, 1.82) is 0 Å². The molecule has 3 saturated carbocycles. The molecule has 4 aliphatic carbocycles. The fourth-order valence-corrected chi connectivity index (χ4v) is 7.96. The van der Waals surface area contributed by atoms with E-state index < -0.39 is 11.7 Å². The van der Waals surface area contributed by atoms with E-state index in [1.54, 1.807) is 0 Å². The molecule has 0 radical (unpaired) electrons. The van der Waals surface area contributed by atoms with Crippen LogP contribution in [0, 0.1) is 34.5 Å². The van der Waals surface area contributed by atoms with Crippen LogP contribution in [0.1, 0.15) is 70.8 Å². The van der Waals surface area contributed by atoms with E-state index in [9.17, 15) is 22.8 Å². The third kappa shape index (κ3) is 3.64. The Morgan fingerprint density at radius 1 is 0.970 bits per heavy atom. The van der Waals surface area contributed by atoms with E-state index in [0.717, 1.165) is 57.1 Å². The number of hydrogen-bond donors (Lipinski definition) is 1. The zero-order valence-corrected chi connectivity index (χ0v) is 19.3.